The summed E-state index contributed by atoms with van der Waals surface area (Å²) < 4.78 is 5.30. The first-order valence-electron chi connectivity index (χ1n) is 5.05. The van der Waals surface area contributed by atoms with Crippen molar-refractivity contribution in [3.8, 4) is 5.75 Å². The maximum absolute atomic E-state index is 10.8. The van der Waals surface area contributed by atoms with Crippen molar-refractivity contribution < 1.29 is 14.6 Å². The number of aliphatic hydroxyl groups is 1. The zero-order valence-corrected chi connectivity index (χ0v) is 8.93. The van der Waals surface area contributed by atoms with Gasteiger partial charge in [-0.15, -0.1) is 0 Å². The maximum atomic E-state index is 10.8. The average Bonchev–Trinajstić information content (AvgIpc) is 2.34. The van der Waals surface area contributed by atoms with Gasteiger partial charge < -0.3 is 20.9 Å². The average molecular weight is 224 g/mol. The highest BCUT2D eigenvalue weighted by Gasteiger charge is 2.06. The van der Waals surface area contributed by atoms with Crippen LogP contribution in [0.4, 0.5) is 0 Å². The van der Waals surface area contributed by atoms with Gasteiger partial charge in [-0.05, 0) is 12.1 Å². The third kappa shape index (κ3) is 4.77. The largest absolute Gasteiger partial charge is 0.491 e. The van der Waals surface area contributed by atoms with E-state index in [2.05, 4.69) is 5.32 Å². The number of amides is 1. The maximum Gasteiger partial charge on any atom is 0.233 e. The van der Waals surface area contributed by atoms with E-state index < -0.39 is 6.10 Å². The number of benzene rings is 1. The molecule has 1 aromatic carbocycles. The molecule has 0 saturated carbocycles. The SMILES string of the molecule is NCC(=O)NCC(O)COc1ccccc1. The van der Waals surface area contributed by atoms with Crippen LogP contribution in [0.3, 0.4) is 0 Å². The molecule has 5 nitrogen and oxygen atoms in total. The minimum Gasteiger partial charge on any atom is -0.491 e. The van der Waals surface area contributed by atoms with Crippen molar-refractivity contribution in [1.29, 1.82) is 0 Å². The number of ether oxygens (including phenoxy) is 1. The topological polar surface area (TPSA) is 84.6 Å². The van der Waals surface area contributed by atoms with Crippen LogP contribution in [-0.2, 0) is 4.79 Å². The van der Waals surface area contributed by atoms with E-state index in [4.69, 9.17) is 10.5 Å². The molecule has 0 saturated heterocycles. The van der Waals surface area contributed by atoms with E-state index in [9.17, 15) is 9.90 Å². The second-order valence-corrected chi connectivity index (χ2v) is 3.29. The standard InChI is InChI=1S/C11H16N2O3/c12-6-11(15)13-7-9(14)8-16-10-4-2-1-3-5-10/h1-5,9,14H,6-8,12H2,(H,13,15). The van der Waals surface area contributed by atoms with Gasteiger partial charge >= 0.3 is 0 Å². The van der Waals surface area contributed by atoms with E-state index in [1.54, 1.807) is 12.1 Å². The lowest BCUT2D eigenvalue weighted by molar-refractivity contribution is -0.120. The lowest BCUT2D eigenvalue weighted by Gasteiger charge is -2.12. The molecular weight excluding hydrogens is 208 g/mol. The van der Waals surface area contributed by atoms with E-state index in [0.29, 0.717) is 5.75 Å². The smallest absolute Gasteiger partial charge is 0.233 e. The molecule has 1 rings (SSSR count). The molecule has 1 aromatic rings. The molecule has 0 bridgehead atoms. The number of carbonyl (C=O) groups is 1. The van der Waals surface area contributed by atoms with Gasteiger partial charge in [0.15, 0.2) is 0 Å². The first-order chi connectivity index (χ1) is 7.72. The van der Waals surface area contributed by atoms with Crippen LogP contribution >= 0.6 is 0 Å². The third-order valence-electron chi connectivity index (χ3n) is 1.91. The first-order valence-corrected chi connectivity index (χ1v) is 5.05. The number of hydrogen-bond acceptors (Lipinski definition) is 4. The fourth-order valence-electron chi connectivity index (χ4n) is 1.07. The van der Waals surface area contributed by atoms with Gasteiger partial charge in [0.2, 0.25) is 5.91 Å². The van der Waals surface area contributed by atoms with Crippen molar-refractivity contribution in [2.24, 2.45) is 5.73 Å². The molecule has 0 aromatic heterocycles. The van der Waals surface area contributed by atoms with Crippen LogP contribution in [0.2, 0.25) is 0 Å². The molecule has 1 unspecified atom stereocenters. The molecule has 0 aliphatic heterocycles. The predicted octanol–water partition coefficient (Wildman–Crippen LogP) is -0.499. The van der Waals surface area contributed by atoms with Crippen LogP contribution < -0.4 is 15.8 Å². The number of para-hydroxylation sites is 1. The normalized spacial score (nSPS) is 11.9. The van der Waals surface area contributed by atoms with Crippen LogP contribution in [0.5, 0.6) is 5.75 Å². The summed E-state index contributed by atoms with van der Waals surface area (Å²) in [6, 6.07) is 9.16. The van der Waals surface area contributed by atoms with E-state index in [-0.39, 0.29) is 25.6 Å². The van der Waals surface area contributed by atoms with Gasteiger partial charge in [-0.2, -0.15) is 0 Å². The minimum absolute atomic E-state index is 0.0771. The molecule has 5 heteroatoms. The fraction of sp³-hybridized carbons (Fsp3) is 0.364. The summed E-state index contributed by atoms with van der Waals surface area (Å²) >= 11 is 0. The monoisotopic (exact) mass is 224 g/mol. The lowest BCUT2D eigenvalue weighted by Crippen LogP contribution is -2.38. The van der Waals surface area contributed by atoms with Gasteiger partial charge in [-0.1, -0.05) is 18.2 Å². The number of carbonyl (C=O) groups excluding carboxylic acids is 1. The summed E-state index contributed by atoms with van der Waals surface area (Å²) in [4.78, 5) is 10.8. The zero-order chi connectivity index (χ0) is 11.8. The summed E-state index contributed by atoms with van der Waals surface area (Å²) in [6.07, 6.45) is -0.740. The minimum atomic E-state index is -0.740. The Balaban J connectivity index is 2.20. The van der Waals surface area contributed by atoms with Crippen molar-refractivity contribution in [2.75, 3.05) is 19.7 Å². The van der Waals surface area contributed by atoms with Gasteiger partial charge in [0.25, 0.3) is 0 Å². The predicted molar refractivity (Wildman–Crippen MR) is 60.0 cm³/mol. The van der Waals surface area contributed by atoms with Crippen LogP contribution in [0.1, 0.15) is 0 Å². The van der Waals surface area contributed by atoms with Gasteiger partial charge in [0.05, 0.1) is 6.54 Å². The molecule has 0 spiro atoms. The van der Waals surface area contributed by atoms with Crippen LogP contribution in [-0.4, -0.2) is 36.8 Å². The highest BCUT2D eigenvalue weighted by molar-refractivity contribution is 5.77. The summed E-state index contributed by atoms with van der Waals surface area (Å²) in [7, 11) is 0. The molecule has 0 fully saturated rings. The van der Waals surface area contributed by atoms with Crippen molar-refractivity contribution >= 4 is 5.91 Å². The Labute approximate surface area is 94.2 Å². The highest BCUT2D eigenvalue weighted by atomic mass is 16.5. The van der Waals surface area contributed by atoms with Crippen LogP contribution in [0.15, 0.2) is 30.3 Å². The van der Waals surface area contributed by atoms with Crippen molar-refractivity contribution in [3.05, 3.63) is 30.3 Å². The molecule has 4 N–H and O–H groups in total. The van der Waals surface area contributed by atoms with Crippen LogP contribution in [0.25, 0.3) is 0 Å². The number of hydrogen-bond donors (Lipinski definition) is 3. The summed E-state index contributed by atoms with van der Waals surface area (Å²) in [6.45, 7) is 0.198. The Bertz CT molecular complexity index is 316. The van der Waals surface area contributed by atoms with E-state index in [1.165, 1.54) is 0 Å². The Kier molecular flexibility index (Phi) is 5.31. The van der Waals surface area contributed by atoms with Crippen LogP contribution in [0, 0.1) is 0 Å². The van der Waals surface area contributed by atoms with Gasteiger partial charge in [0.1, 0.15) is 18.5 Å². The van der Waals surface area contributed by atoms with E-state index >= 15 is 0 Å². The summed E-state index contributed by atoms with van der Waals surface area (Å²) in [5.74, 6) is 0.394. The highest BCUT2D eigenvalue weighted by Crippen LogP contribution is 2.08. The molecule has 0 aliphatic rings. The Hall–Kier alpha value is -1.59. The molecule has 0 heterocycles. The number of nitrogens with two attached hydrogens (primary N) is 1. The molecule has 1 atom stereocenters. The van der Waals surface area contributed by atoms with Gasteiger partial charge in [0, 0.05) is 6.54 Å². The molecule has 88 valence electrons. The molecule has 1 amide bonds. The molecular formula is C11H16N2O3. The van der Waals surface area contributed by atoms with Crippen molar-refractivity contribution in [1.82, 2.24) is 5.32 Å². The molecule has 0 radical (unpaired) electrons. The van der Waals surface area contributed by atoms with Gasteiger partial charge in [-0.3, -0.25) is 4.79 Å². The second kappa shape index (κ2) is 6.81. The van der Waals surface area contributed by atoms with E-state index in [1.807, 2.05) is 18.2 Å². The van der Waals surface area contributed by atoms with Crippen molar-refractivity contribution in [3.63, 3.8) is 0 Å². The Morgan fingerprint density at radius 3 is 2.75 bits per heavy atom. The molecule has 0 aliphatic carbocycles. The van der Waals surface area contributed by atoms with E-state index in [0.717, 1.165) is 0 Å². The number of rotatable bonds is 6. The number of aliphatic hydroxyl groups excluding tert-OH is 1. The lowest BCUT2D eigenvalue weighted by atomic mass is 10.3. The Morgan fingerprint density at radius 1 is 1.44 bits per heavy atom. The second-order valence-electron chi connectivity index (χ2n) is 3.29. The zero-order valence-electron chi connectivity index (χ0n) is 8.93. The summed E-state index contributed by atoms with van der Waals surface area (Å²) in [5.41, 5.74) is 5.10. The molecule has 16 heavy (non-hydrogen) atoms. The first kappa shape index (κ1) is 12.5. The fourth-order valence-corrected chi connectivity index (χ4v) is 1.07. The third-order valence-corrected chi connectivity index (χ3v) is 1.91. The van der Waals surface area contributed by atoms with Gasteiger partial charge in [-0.25, -0.2) is 0 Å². The Morgan fingerprint density at radius 2 is 2.12 bits per heavy atom. The summed E-state index contributed by atoms with van der Waals surface area (Å²) in [5, 5.41) is 11.9. The number of nitrogens with one attached hydrogen (secondary N) is 1. The quantitative estimate of drug-likeness (QED) is 0.608. The van der Waals surface area contributed by atoms with Crippen molar-refractivity contribution in [2.45, 2.75) is 6.10 Å².